The van der Waals surface area contributed by atoms with E-state index >= 15 is 0 Å². The van der Waals surface area contributed by atoms with E-state index in [1.54, 1.807) is 6.07 Å². The number of nitrogens with one attached hydrogen (secondary N) is 1. The van der Waals surface area contributed by atoms with Crippen LogP contribution in [0.2, 0.25) is 0 Å². The lowest BCUT2D eigenvalue weighted by Gasteiger charge is -2.15. The summed E-state index contributed by atoms with van der Waals surface area (Å²) in [7, 11) is 0. The highest BCUT2D eigenvalue weighted by Gasteiger charge is 2.52. The number of benzene rings is 2. The number of carbonyl (C=O) groups excluding carboxylic acids is 1. The van der Waals surface area contributed by atoms with Gasteiger partial charge < -0.3 is 14.5 Å². The molecule has 3 heterocycles. The maximum Gasteiger partial charge on any atom is 0.586 e. The van der Waals surface area contributed by atoms with Crippen molar-refractivity contribution in [2.45, 2.75) is 44.8 Å². The van der Waals surface area contributed by atoms with E-state index in [1.807, 2.05) is 38.1 Å². The largest absolute Gasteiger partial charge is 0.586 e. The molecule has 2 aliphatic rings. The van der Waals surface area contributed by atoms with Gasteiger partial charge in [-0.15, -0.1) is 8.78 Å². The number of rotatable bonds is 5. The summed E-state index contributed by atoms with van der Waals surface area (Å²) in [6.45, 7) is 4.03. The molecule has 4 aromatic rings. The number of ether oxygens (including phenoxy) is 2. The van der Waals surface area contributed by atoms with Gasteiger partial charge in [0.15, 0.2) is 11.5 Å². The number of ketones is 1. The Balaban J connectivity index is 0.00000253. The first-order valence-electron chi connectivity index (χ1n) is 11.2. The van der Waals surface area contributed by atoms with E-state index in [1.165, 1.54) is 12.1 Å². The van der Waals surface area contributed by atoms with Crippen molar-refractivity contribution in [2.24, 2.45) is 0 Å². The van der Waals surface area contributed by atoms with Gasteiger partial charge in [0.1, 0.15) is 5.78 Å². The summed E-state index contributed by atoms with van der Waals surface area (Å²) in [6, 6.07) is 16.8. The summed E-state index contributed by atoms with van der Waals surface area (Å²) in [5, 5.41) is 1.11. The molecule has 0 amide bonds. The van der Waals surface area contributed by atoms with Crippen molar-refractivity contribution in [2.75, 3.05) is 0 Å². The molecule has 174 valence electrons. The lowest BCUT2D eigenvalue weighted by molar-refractivity contribution is -0.286. The summed E-state index contributed by atoms with van der Waals surface area (Å²) in [5.41, 5.74) is 5.72. The van der Waals surface area contributed by atoms with Crippen LogP contribution in [0.5, 0.6) is 11.5 Å². The molecule has 1 saturated carbocycles. The zero-order valence-corrected chi connectivity index (χ0v) is 18.7. The molecule has 0 saturated heterocycles. The zero-order valence-electron chi connectivity index (χ0n) is 18.7. The minimum Gasteiger partial charge on any atom is -0.395 e. The van der Waals surface area contributed by atoms with Gasteiger partial charge in [-0.05, 0) is 74.2 Å². The molecule has 2 aromatic carbocycles. The Morgan fingerprint density at radius 1 is 1.03 bits per heavy atom. The van der Waals surface area contributed by atoms with Crippen LogP contribution in [0.3, 0.4) is 0 Å². The Labute approximate surface area is 196 Å². The van der Waals surface area contributed by atoms with Crippen LogP contribution < -0.4 is 9.47 Å². The molecule has 0 radical (unpaired) electrons. The van der Waals surface area contributed by atoms with E-state index in [0.29, 0.717) is 24.1 Å². The number of fused-ring (bicyclic) bond motifs is 2. The predicted molar refractivity (Wildman–Crippen MR) is 125 cm³/mol. The Hall–Kier alpha value is -3.74. The highest BCUT2D eigenvalue weighted by atomic mass is 19.3. The number of H-pyrrole nitrogens is 1. The van der Waals surface area contributed by atoms with Crippen LogP contribution in [0.1, 0.15) is 36.8 Å². The lowest BCUT2D eigenvalue weighted by Crippen LogP contribution is -2.26. The van der Waals surface area contributed by atoms with E-state index in [9.17, 15) is 13.6 Å². The van der Waals surface area contributed by atoms with E-state index in [-0.39, 0.29) is 25.1 Å². The molecule has 6 rings (SSSR count). The number of Topliss-reactive ketones (excluding diaryl/α,β-unsaturated/α-hetero) is 1. The molecule has 34 heavy (non-hydrogen) atoms. The van der Waals surface area contributed by atoms with Gasteiger partial charge >= 0.3 is 6.29 Å². The fourth-order valence-electron chi connectivity index (χ4n) is 4.82. The fraction of sp³-hybridized carbons (Fsp3) is 0.259. The second-order valence-corrected chi connectivity index (χ2v) is 9.23. The molecule has 0 atom stereocenters. The molecule has 0 unspecified atom stereocenters. The van der Waals surface area contributed by atoms with Crippen molar-refractivity contribution in [1.29, 1.82) is 0 Å². The third-order valence-electron chi connectivity index (χ3n) is 6.76. The summed E-state index contributed by atoms with van der Waals surface area (Å²) in [4.78, 5) is 21.5. The van der Waals surface area contributed by atoms with Gasteiger partial charge in [0.05, 0.1) is 11.1 Å². The molecule has 0 bridgehead atoms. The van der Waals surface area contributed by atoms with Crippen LogP contribution in [-0.2, 0) is 16.6 Å². The summed E-state index contributed by atoms with van der Waals surface area (Å²) >= 11 is 0. The Kier molecular flexibility index (Phi) is 4.37. The third-order valence-corrected chi connectivity index (χ3v) is 6.76. The van der Waals surface area contributed by atoms with Crippen molar-refractivity contribution in [1.82, 2.24) is 9.97 Å². The molecule has 1 N–H and O–H groups in total. The first kappa shape index (κ1) is 20.8. The van der Waals surface area contributed by atoms with E-state index in [4.69, 9.17) is 4.98 Å². The van der Waals surface area contributed by atoms with Gasteiger partial charge in [0.2, 0.25) is 0 Å². The molecule has 1 aliphatic heterocycles. The Morgan fingerprint density at radius 2 is 1.82 bits per heavy atom. The monoisotopic (exact) mass is 462 g/mol. The molecule has 7 heteroatoms. The van der Waals surface area contributed by atoms with Crippen LogP contribution in [0, 0.1) is 13.8 Å². The first-order valence-corrected chi connectivity index (χ1v) is 11.2. The third kappa shape index (κ3) is 3.43. The van der Waals surface area contributed by atoms with Crippen LogP contribution in [0.4, 0.5) is 8.78 Å². The average molecular weight is 462 g/mol. The van der Waals surface area contributed by atoms with E-state index in [0.717, 1.165) is 33.4 Å². The molecular weight excluding hydrogens is 438 g/mol. The number of hydrogen-bond acceptors (Lipinski definition) is 4. The topological polar surface area (TPSA) is 64.2 Å². The first-order chi connectivity index (χ1) is 16.2. The number of pyridine rings is 1. The quantitative estimate of drug-likeness (QED) is 0.380. The van der Waals surface area contributed by atoms with Gasteiger partial charge in [-0.2, -0.15) is 0 Å². The number of aromatic nitrogens is 2. The van der Waals surface area contributed by atoms with Crippen LogP contribution in [0.25, 0.3) is 22.2 Å². The number of halogens is 2. The highest BCUT2D eigenvalue weighted by molar-refractivity contribution is 5.94. The molecule has 2 aromatic heterocycles. The van der Waals surface area contributed by atoms with Crippen molar-refractivity contribution in [3.63, 3.8) is 0 Å². The summed E-state index contributed by atoms with van der Waals surface area (Å²) < 4.78 is 35.9. The SMILES string of the molecule is Cc1cc2cc(-c3nc(CC(=O)C4(c5ccc6c(c5)OC(F)(F)O6)CC4)ccc3C)ccc2[nH]1.[HH]. The second kappa shape index (κ2) is 7.13. The van der Waals surface area contributed by atoms with Crippen LogP contribution in [-0.4, -0.2) is 22.0 Å². The normalized spacial score (nSPS) is 17.2. The standard InChI is InChI=1S/C27H22F2N2O3.H2/c1-15-3-6-20(31-25(15)17-4-7-21-18(12-17)11-16(2)30-21)14-24(32)26(9-10-26)19-5-8-22-23(13-19)34-27(28,29)33-22;/h3-8,11-13,30H,9-10,14H2,1-2H3;1H. The maximum absolute atomic E-state index is 13.4. The van der Waals surface area contributed by atoms with Crippen molar-refractivity contribution in [3.8, 4) is 22.8 Å². The van der Waals surface area contributed by atoms with Gasteiger partial charge in [-0.1, -0.05) is 18.2 Å². The van der Waals surface area contributed by atoms with E-state index < -0.39 is 11.7 Å². The highest BCUT2D eigenvalue weighted by Crippen LogP contribution is 2.52. The molecule has 1 fully saturated rings. The van der Waals surface area contributed by atoms with Gasteiger partial charge in [-0.3, -0.25) is 9.78 Å². The molecule has 0 spiro atoms. The number of carbonyl (C=O) groups is 1. The smallest absolute Gasteiger partial charge is 0.395 e. The van der Waals surface area contributed by atoms with Crippen LogP contribution >= 0.6 is 0 Å². The number of alkyl halides is 2. The zero-order chi connectivity index (χ0) is 23.7. The van der Waals surface area contributed by atoms with Crippen molar-refractivity contribution >= 4 is 16.7 Å². The summed E-state index contributed by atoms with van der Waals surface area (Å²) in [6.07, 6.45) is -2.16. The lowest BCUT2D eigenvalue weighted by atomic mass is 9.88. The second-order valence-electron chi connectivity index (χ2n) is 9.23. The van der Waals surface area contributed by atoms with Crippen molar-refractivity contribution < 1.29 is 24.5 Å². The Bertz CT molecular complexity index is 1480. The average Bonchev–Trinajstić information content (AvgIpc) is 3.42. The van der Waals surface area contributed by atoms with Gasteiger partial charge in [-0.25, -0.2) is 0 Å². The number of aromatic amines is 1. The van der Waals surface area contributed by atoms with Gasteiger partial charge in [0.25, 0.3) is 0 Å². The summed E-state index contributed by atoms with van der Waals surface area (Å²) in [5.74, 6) is -0.0266. The molecule has 5 nitrogen and oxygen atoms in total. The Morgan fingerprint density at radius 3 is 2.62 bits per heavy atom. The predicted octanol–water partition coefficient (Wildman–Crippen LogP) is 6.26. The fourth-order valence-corrected chi connectivity index (χ4v) is 4.82. The van der Waals surface area contributed by atoms with Crippen LogP contribution in [0.15, 0.2) is 54.6 Å². The number of aryl methyl sites for hydroxylation is 2. The molecule has 1 aliphatic carbocycles. The number of nitrogens with zero attached hydrogens (tertiary/aromatic N) is 1. The number of hydrogen-bond donors (Lipinski definition) is 1. The van der Waals surface area contributed by atoms with Gasteiger partial charge in [0, 0.05) is 35.7 Å². The maximum atomic E-state index is 13.4. The van der Waals surface area contributed by atoms with Crippen molar-refractivity contribution in [3.05, 3.63) is 77.1 Å². The molecular formula is C27H24F2N2O3. The van der Waals surface area contributed by atoms with E-state index in [2.05, 4.69) is 26.6 Å². The minimum absolute atomic E-state index is 0. The minimum atomic E-state index is -3.67.